The number of nitrogens with one attached hydrogen (secondary N) is 2. The van der Waals surface area contributed by atoms with E-state index in [4.69, 9.17) is 14.5 Å². The van der Waals surface area contributed by atoms with Gasteiger partial charge in [0.05, 0.1) is 36.5 Å². The minimum absolute atomic E-state index is 0.0497. The maximum Gasteiger partial charge on any atom is 0.257 e. The topological polar surface area (TPSA) is 125 Å². The van der Waals surface area contributed by atoms with Gasteiger partial charge in [0.2, 0.25) is 17.7 Å². The SMILES string of the molecule is Cc1cc(NC2CC=C3CCN(c4cnc5c(c4C)OCCO5)CC3=N2)ccc1CC(=O)N1CCC=C(CC2CC=C(Cc3ccc(C4CCC(=O)NC4=O)cc3)C2)CC1. The third kappa shape index (κ3) is 8.90. The fraction of sp³-hybridized carbons (Fsp3) is 0.449. The summed E-state index contributed by atoms with van der Waals surface area (Å²) in [6.45, 7) is 8.43. The predicted molar refractivity (Wildman–Crippen MR) is 234 cm³/mol. The van der Waals surface area contributed by atoms with Crippen molar-refractivity contribution in [3.63, 3.8) is 0 Å². The smallest absolute Gasteiger partial charge is 0.257 e. The van der Waals surface area contributed by atoms with Gasteiger partial charge in [-0.05, 0) is 111 Å². The van der Waals surface area contributed by atoms with E-state index in [2.05, 4.69) is 87.8 Å². The highest BCUT2D eigenvalue weighted by Gasteiger charge is 2.30. The maximum atomic E-state index is 13.6. The number of nitrogens with zero attached hydrogens (tertiary/aromatic N) is 4. The first-order chi connectivity index (χ1) is 29.2. The molecule has 5 aliphatic heterocycles. The Morgan fingerprint density at radius 2 is 1.80 bits per heavy atom. The van der Waals surface area contributed by atoms with Crippen molar-refractivity contribution in [3.8, 4) is 11.6 Å². The number of allylic oxidation sites excluding steroid dienone is 2. The van der Waals surface area contributed by atoms with Crippen molar-refractivity contribution >= 4 is 34.8 Å². The molecule has 0 radical (unpaired) electrons. The summed E-state index contributed by atoms with van der Waals surface area (Å²) in [7, 11) is 0. The molecular formula is C49H56N6O5. The van der Waals surface area contributed by atoms with E-state index in [1.165, 1.54) is 22.3 Å². The van der Waals surface area contributed by atoms with Crippen molar-refractivity contribution in [2.24, 2.45) is 10.9 Å². The Labute approximate surface area is 353 Å². The van der Waals surface area contributed by atoms with Gasteiger partial charge >= 0.3 is 0 Å². The fourth-order valence-corrected chi connectivity index (χ4v) is 9.81. The molecule has 3 aromatic rings. The number of benzene rings is 2. The summed E-state index contributed by atoms with van der Waals surface area (Å²) in [6, 6.07) is 14.7. The number of aryl methyl sites for hydroxylation is 1. The molecule has 6 aliphatic rings. The minimum Gasteiger partial charge on any atom is -0.484 e. The van der Waals surface area contributed by atoms with Crippen molar-refractivity contribution in [1.29, 1.82) is 0 Å². The van der Waals surface area contributed by atoms with Gasteiger partial charge < -0.3 is 24.6 Å². The number of anilines is 2. The summed E-state index contributed by atoms with van der Waals surface area (Å²) < 4.78 is 11.6. The number of aromatic nitrogens is 1. The van der Waals surface area contributed by atoms with E-state index in [0.717, 1.165) is 123 Å². The zero-order valence-electron chi connectivity index (χ0n) is 34.9. The van der Waals surface area contributed by atoms with E-state index in [-0.39, 0.29) is 29.8 Å². The number of hydrogen-bond donors (Lipinski definition) is 2. The molecule has 1 aromatic heterocycles. The Bertz CT molecular complexity index is 2290. The number of hydrogen-bond acceptors (Lipinski definition) is 9. The van der Waals surface area contributed by atoms with Crippen LogP contribution < -0.4 is 25.0 Å². The number of carbonyl (C=O) groups excluding carboxylic acids is 3. The van der Waals surface area contributed by atoms with Gasteiger partial charge in [0.1, 0.15) is 19.4 Å². The minimum atomic E-state index is -0.243. The van der Waals surface area contributed by atoms with Gasteiger partial charge in [0.15, 0.2) is 5.75 Å². The molecule has 0 spiro atoms. The Balaban J connectivity index is 0.727. The van der Waals surface area contributed by atoms with E-state index in [9.17, 15) is 14.4 Å². The quantitative estimate of drug-likeness (QED) is 0.160. The summed E-state index contributed by atoms with van der Waals surface area (Å²) in [5.41, 5.74) is 13.0. The molecule has 0 bridgehead atoms. The van der Waals surface area contributed by atoms with E-state index >= 15 is 0 Å². The Hall–Kier alpha value is -5.71. The Morgan fingerprint density at radius 1 is 0.933 bits per heavy atom. The lowest BCUT2D eigenvalue weighted by molar-refractivity contribution is -0.134. The van der Waals surface area contributed by atoms with E-state index in [1.807, 2.05) is 18.3 Å². The zero-order valence-corrected chi connectivity index (χ0v) is 34.9. The molecule has 9 rings (SSSR count). The molecule has 2 aromatic carbocycles. The lowest BCUT2D eigenvalue weighted by Crippen LogP contribution is -2.40. The van der Waals surface area contributed by atoms with E-state index < -0.39 is 0 Å². The number of amides is 3. The average molecular weight is 809 g/mol. The highest BCUT2D eigenvalue weighted by atomic mass is 16.6. The van der Waals surface area contributed by atoms with Crippen LogP contribution in [0.15, 0.2) is 88.6 Å². The van der Waals surface area contributed by atoms with E-state index in [0.29, 0.717) is 44.3 Å². The van der Waals surface area contributed by atoms with Crippen LogP contribution in [0.1, 0.15) is 91.5 Å². The number of rotatable bonds is 10. The number of dihydropyridines is 1. The molecule has 3 atom stereocenters. The van der Waals surface area contributed by atoms with Crippen LogP contribution in [0.5, 0.6) is 11.6 Å². The van der Waals surface area contributed by atoms with Crippen molar-refractivity contribution < 1.29 is 23.9 Å². The van der Waals surface area contributed by atoms with Gasteiger partial charge in [-0.1, -0.05) is 59.7 Å². The molecule has 11 nitrogen and oxygen atoms in total. The molecule has 0 saturated carbocycles. The standard InChI is InChI=1S/C49H56N6O5/c1-31-24-40(51-44-15-12-38-18-21-55(30-42(38)52-44)43-29-50-49-47(32(43)2)59-22-23-60-49)13-11-39(31)28-46(57)54-19-3-4-33(17-20-54)25-35-5-6-36(27-35)26-34-7-9-37(10-8-34)41-14-16-45(56)53-48(41)58/h4,6-13,24,29,35,41,44,51H,3,5,14-23,25-28,30H2,1-2H3,(H,53,56,58). The largest absolute Gasteiger partial charge is 0.484 e. The molecule has 2 saturated heterocycles. The first-order valence-electron chi connectivity index (χ1n) is 21.9. The summed E-state index contributed by atoms with van der Waals surface area (Å²) in [5, 5.41) is 6.12. The first kappa shape index (κ1) is 39.7. The van der Waals surface area contributed by atoms with Gasteiger partial charge in [-0.15, -0.1) is 0 Å². The highest BCUT2D eigenvalue weighted by molar-refractivity contribution is 6.05. The van der Waals surface area contributed by atoms with Gasteiger partial charge in [0.25, 0.3) is 5.88 Å². The van der Waals surface area contributed by atoms with Crippen molar-refractivity contribution in [2.75, 3.05) is 49.6 Å². The van der Waals surface area contributed by atoms with Gasteiger partial charge in [-0.2, -0.15) is 0 Å². The molecule has 3 amide bonds. The average Bonchev–Trinajstić information content (AvgIpc) is 3.55. The van der Waals surface area contributed by atoms with Crippen LogP contribution in [-0.4, -0.2) is 78.9 Å². The molecule has 11 heteroatoms. The summed E-state index contributed by atoms with van der Waals surface area (Å²) in [4.78, 5) is 51.6. The normalized spacial score (nSPS) is 22.8. The maximum absolute atomic E-state index is 13.6. The second kappa shape index (κ2) is 17.5. The number of carbonyl (C=O) groups is 3. The second-order valence-corrected chi connectivity index (χ2v) is 17.4. The lowest BCUT2D eigenvalue weighted by atomic mass is 9.89. The highest BCUT2D eigenvalue weighted by Crippen LogP contribution is 2.39. The number of aliphatic imine (C=N–C) groups is 1. The molecule has 312 valence electrons. The fourth-order valence-electron chi connectivity index (χ4n) is 9.81. The summed E-state index contributed by atoms with van der Waals surface area (Å²) in [6.07, 6.45) is 18.2. The monoisotopic (exact) mass is 808 g/mol. The summed E-state index contributed by atoms with van der Waals surface area (Å²) in [5.74, 6) is 1.52. The number of fused-ring (bicyclic) bond motifs is 2. The number of piperidine rings is 2. The van der Waals surface area contributed by atoms with Crippen LogP contribution in [0.25, 0.3) is 0 Å². The van der Waals surface area contributed by atoms with Crippen molar-refractivity contribution in [3.05, 3.63) is 111 Å². The zero-order chi connectivity index (χ0) is 41.2. The molecule has 60 heavy (non-hydrogen) atoms. The molecular weight excluding hydrogens is 753 g/mol. The van der Waals surface area contributed by atoms with Crippen molar-refractivity contribution in [2.45, 2.75) is 96.6 Å². The van der Waals surface area contributed by atoms with Gasteiger partial charge in [0, 0.05) is 43.7 Å². The number of ether oxygens (including phenoxy) is 2. The number of imide groups is 1. The van der Waals surface area contributed by atoms with Crippen LogP contribution in [0, 0.1) is 19.8 Å². The van der Waals surface area contributed by atoms with Crippen LogP contribution in [-0.2, 0) is 27.2 Å². The molecule has 6 heterocycles. The second-order valence-electron chi connectivity index (χ2n) is 17.4. The Kier molecular flexibility index (Phi) is 11.6. The predicted octanol–water partition coefficient (Wildman–Crippen LogP) is 7.47. The molecule has 2 N–H and O–H groups in total. The molecule has 1 aliphatic carbocycles. The first-order valence-corrected chi connectivity index (χ1v) is 21.9. The summed E-state index contributed by atoms with van der Waals surface area (Å²) >= 11 is 0. The lowest BCUT2D eigenvalue weighted by Gasteiger charge is -2.35. The third-order valence-corrected chi connectivity index (χ3v) is 13.2. The number of pyridine rings is 1. The van der Waals surface area contributed by atoms with Crippen LogP contribution in [0.2, 0.25) is 0 Å². The third-order valence-electron chi connectivity index (χ3n) is 13.2. The van der Waals surface area contributed by atoms with Gasteiger partial charge in [-0.25, -0.2) is 4.98 Å². The van der Waals surface area contributed by atoms with Crippen molar-refractivity contribution in [1.82, 2.24) is 15.2 Å². The van der Waals surface area contributed by atoms with Crippen LogP contribution in [0.4, 0.5) is 11.4 Å². The molecule has 3 unspecified atom stereocenters. The van der Waals surface area contributed by atoms with Gasteiger partial charge in [-0.3, -0.25) is 24.7 Å². The molecule has 2 fully saturated rings. The van der Waals surface area contributed by atoms with Crippen LogP contribution >= 0.6 is 0 Å². The van der Waals surface area contributed by atoms with Crippen LogP contribution in [0.3, 0.4) is 0 Å². The van der Waals surface area contributed by atoms with E-state index in [1.54, 1.807) is 0 Å². The Morgan fingerprint density at radius 3 is 2.65 bits per heavy atom.